The van der Waals surface area contributed by atoms with E-state index in [2.05, 4.69) is 10.7 Å². The molecule has 2 rings (SSSR count). The van der Waals surface area contributed by atoms with Crippen LogP contribution in [0.3, 0.4) is 0 Å². The van der Waals surface area contributed by atoms with Crippen LogP contribution in [0.1, 0.15) is 34.5 Å². The van der Waals surface area contributed by atoms with Crippen LogP contribution in [0.2, 0.25) is 0 Å². The van der Waals surface area contributed by atoms with E-state index >= 15 is 0 Å². The van der Waals surface area contributed by atoms with Crippen molar-refractivity contribution in [1.29, 1.82) is 0 Å². The van der Waals surface area contributed by atoms with E-state index in [0.717, 1.165) is 11.1 Å². The van der Waals surface area contributed by atoms with E-state index in [-0.39, 0.29) is 11.9 Å². The highest BCUT2D eigenvalue weighted by atomic mass is 16.1. The van der Waals surface area contributed by atoms with Crippen LogP contribution in [0.4, 0.5) is 5.69 Å². The predicted octanol–water partition coefficient (Wildman–Crippen LogP) is 2.77. The highest BCUT2D eigenvalue weighted by Crippen LogP contribution is 2.18. The number of anilines is 1. The van der Waals surface area contributed by atoms with Crippen molar-refractivity contribution in [2.45, 2.75) is 19.9 Å². The van der Waals surface area contributed by atoms with Gasteiger partial charge in [-0.15, -0.1) is 0 Å². The van der Waals surface area contributed by atoms with Gasteiger partial charge in [0.1, 0.15) is 0 Å². The Kier molecular flexibility index (Phi) is 4.38. The van der Waals surface area contributed by atoms with E-state index in [1.807, 2.05) is 56.3 Å². The zero-order chi connectivity index (χ0) is 14.5. The summed E-state index contributed by atoms with van der Waals surface area (Å²) in [6.45, 7) is 3.91. The summed E-state index contributed by atoms with van der Waals surface area (Å²) in [5.41, 5.74) is 5.85. The van der Waals surface area contributed by atoms with Gasteiger partial charge in [-0.05, 0) is 37.1 Å². The third-order valence-electron chi connectivity index (χ3n) is 3.22. The van der Waals surface area contributed by atoms with Gasteiger partial charge in [-0.2, -0.15) is 0 Å². The van der Waals surface area contributed by atoms with E-state index in [4.69, 9.17) is 5.84 Å². The molecule has 2 aromatic rings. The second-order valence-electron chi connectivity index (χ2n) is 4.80. The van der Waals surface area contributed by atoms with E-state index < -0.39 is 0 Å². The van der Waals surface area contributed by atoms with E-state index in [0.29, 0.717) is 11.3 Å². The summed E-state index contributed by atoms with van der Waals surface area (Å²) in [5, 5.41) is 2.97. The van der Waals surface area contributed by atoms with Crippen molar-refractivity contribution >= 4 is 11.6 Å². The van der Waals surface area contributed by atoms with Gasteiger partial charge in [0, 0.05) is 0 Å². The van der Waals surface area contributed by atoms with Crippen LogP contribution in [0.15, 0.2) is 48.5 Å². The molecule has 0 fully saturated rings. The summed E-state index contributed by atoms with van der Waals surface area (Å²) in [6, 6.07) is 15.3. The molecule has 0 aliphatic carbocycles. The second kappa shape index (κ2) is 6.21. The van der Waals surface area contributed by atoms with Crippen molar-refractivity contribution in [1.82, 2.24) is 5.32 Å². The summed E-state index contributed by atoms with van der Waals surface area (Å²) < 4.78 is 0. The number of carbonyl (C=O) groups is 1. The first-order chi connectivity index (χ1) is 9.61. The minimum Gasteiger partial charge on any atom is -0.345 e. The molecule has 4 nitrogen and oxygen atoms in total. The van der Waals surface area contributed by atoms with Gasteiger partial charge in [-0.3, -0.25) is 10.6 Å². The molecule has 0 radical (unpaired) electrons. The molecule has 104 valence electrons. The number of nitrogens with one attached hydrogen (secondary N) is 2. The van der Waals surface area contributed by atoms with Crippen molar-refractivity contribution in [3.8, 4) is 0 Å². The van der Waals surface area contributed by atoms with Crippen LogP contribution < -0.4 is 16.6 Å². The van der Waals surface area contributed by atoms with Crippen molar-refractivity contribution in [3.05, 3.63) is 65.2 Å². The molecule has 1 unspecified atom stereocenters. The number of hydrogen-bond donors (Lipinski definition) is 3. The van der Waals surface area contributed by atoms with Crippen LogP contribution in [0.5, 0.6) is 0 Å². The van der Waals surface area contributed by atoms with Crippen LogP contribution >= 0.6 is 0 Å². The molecule has 1 amide bonds. The molecular formula is C16H19N3O. The zero-order valence-corrected chi connectivity index (χ0v) is 11.7. The number of carbonyl (C=O) groups excluding carboxylic acids is 1. The van der Waals surface area contributed by atoms with E-state index in [1.54, 1.807) is 6.07 Å². The molecule has 4 heteroatoms. The maximum atomic E-state index is 12.3. The van der Waals surface area contributed by atoms with Crippen LogP contribution in [0, 0.1) is 6.92 Å². The number of hydrazine groups is 1. The minimum absolute atomic E-state index is 0.0596. The van der Waals surface area contributed by atoms with Crippen molar-refractivity contribution < 1.29 is 4.79 Å². The topological polar surface area (TPSA) is 67.2 Å². The van der Waals surface area contributed by atoms with Crippen molar-refractivity contribution in [2.24, 2.45) is 5.84 Å². The molecule has 0 spiro atoms. The first-order valence-corrected chi connectivity index (χ1v) is 6.55. The second-order valence-corrected chi connectivity index (χ2v) is 4.80. The van der Waals surface area contributed by atoms with Gasteiger partial charge < -0.3 is 10.7 Å². The number of nitrogens with two attached hydrogens (primary N) is 1. The molecule has 0 saturated carbocycles. The van der Waals surface area contributed by atoms with Crippen LogP contribution in [-0.4, -0.2) is 5.91 Å². The molecule has 0 bridgehead atoms. The number of hydrogen-bond acceptors (Lipinski definition) is 3. The summed E-state index contributed by atoms with van der Waals surface area (Å²) in [7, 11) is 0. The smallest absolute Gasteiger partial charge is 0.253 e. The molecule has 0 aliphatic heterocycles. The fraction of sp³-hybridized carbons (Fsp3) is 0.188. The SMILES string of the molecule is Cc1ccc(C(=O)NC(C)c2ccccc2)c(NN)c1. The molecular weight excluding hydrogens is 250 g/mol. The Morgan fingerprint density at radius 2 is 1.85 bits per heavy atom. The Hall–Kier alpha value is -2.33. The largest absolute Gasteiger partial charge is 0.345 e. The molecule has 20 heavy (non-hydrogen) atoms. The van der Waals surface area contributed by atoms with Gasteiger partial charge in [0.25, 0.3) is 5.91 Å². The third-order valence-corrected chi connectivity index (χ3v) is 3.22. The van der Waals surface area contributed by atoms with Gasteiger partial charge in [-0.1, -0.05) is 36.4 Å². The Balaban J connectivity index is 2.16. The van der Waals surface area contributed by atoms with E-state index in [1.165, 1.54) is 0 Å². The standard InChI is InChI=1S/C16H19N3O/c1-11-8-9-14(15(10-11)19-17)16(20)18-12(2)13-6-4-3-5-7-13/h3-10,12,19H,17H2,1-2H3,(H,18,20). The molecule has 0 aliphatic rings. The number of rotatable bonds is 4. The van der Waals surface area contributed by atoms with Gasteiger partial charge in [-0.25, -0.2) is 0 Å². The van der Waals surface area contributed by atoms with Crippen LogP contribution in [-0.2, 0) is 0 Å². The number of amides is 1. The van der Waals surface area contributed by atoms with Gasteiger partial charge in [0.05, 0.1) is 17.3 Å². The average Bonchev–Trinajstić information content (AvgIpc) is 2.47. The lowest BCUT2D eigenvalue weighted by molar-refractivity contribution is 0.0940. The van der Waals surface area contributed by atoms with Crippen molar-refractivity contribution in [2.75, 3.05) is 5.43 Å². The normalized spacial score (nSPS) is 11.8. The average molecular weight is 269 g/mol. The summed E-state index contributed by atoms with van der Waals surface area (Å²) >= 11 is 0. The zero-order valence-electron chi connectivity index (χ0n) is 11.7. The summed E-state index contributed by atoms with van der Waals surface area (Å²) in [4.78, 5) is 12.3. The molecule has 0 aromatic heterocycles. The third kappa shape index (κ3) is 3.16. The monoisotopic (exact) mass is 269 g/mol. The summed E-state index contributed by atoms with van der Waals surface area (Å²) in [5.74, 6) is 5.33. The van der Waals surface area contributed by atoms with Crippen molar-refractivity contribution in [3.63, 3.8) is 0 Å². The Morgan fingerprint density at radius 3 is 2.50 bits per heavy atom. The predicted molar refractivity (Wildman–Crippen MR) is 81.3 cm³/mol. The molecule has 0 heterocycles. The lowest BCUT2D eigenvalue weighted by atomic mass is 10.1. The number of benzene rings is 2. The number of nitrogen functional groups attached to an aromatic ring is 1. The Morgan fingerprint density at radius 1 is 1.15 bits per heavy atom. The first-order valence-electron chi connectivity index (χ1n) is 6.55. The van der Waals surface area contributed by atoms with E-state index in [9.17, 15) is 4.79 Å². The fourth-order valence-corrected chi connectivity index (χ4v) is 2.07. The Bertz CT molecular complexity index is 596. The lowest BCUT2D eigenvalue weighted by Gasteiger charge is -2.16. The minimum atomic E-state index is -0.144. The maximum Gasteiger partial charge on any atom is 0.253 e. The molecule has 2 aromatic carbocycles. The molecule has 1 atom stereocenters. The van der Waals surface area contributed by atoms with Crippen LogP contribution in [0.25, 0.3) is 0 Å². The Labute approximate surface area is 119 Å². The highest BCUT2D eigenvalue weighted by molar-refractivity contribution is 5.99. The number of aryl methyl sites for hydroxylation is 1. The quantitative estimate of drug-likeness (QED) is 0.590. The molecule has 0 saturated heterocycles. The first kappa shape index (κ1) is 14.1. The molecule has 4 N–H and O–H groups in total. The summed E-state index contributed by atoms with van der Waals surface area (Å²) in [6.07, 6.45) is 0. The lowest BCUT2D eigenvalue weighted by Crippen LogP contribution is -2.28. The van der Waals surface area contributed by atoms with Gasteiger partial charge >= 0.3 is 0 Å². The van der Waals surface area contributed by atoms with Gasteiger partial charge in [0.2, 0.25) is 0 Å². The maximum absolute atomic E-state index is 12.3. The fourth-order valence-electron chi connectivity index (χ4n) is 2.07. The highest BCUT2D eigenvalue weighted by Gasteiger charge is 2.14. The van der Waals surface area contributed by atoms with Gasteiger partial charge in [0.15, 0.2) is 0 Å².